The van der Waals surface area contributed by atoms with Crippen LogP contribution in [0.15, 0.2) is 0 Å². The summed E-state index contributed by atoms with van der Waals surface area (Å²) in [6.45, 7) is 2.75. The lowest BCUT2D eigenvalue weighted by atomic mass is 9.66. The lowest BCUT2D eigenvalue weighted by Crippen LogP contribution is -2.55. The molecule has 0 unspecified atom stereocenters. The van der Waals surface area contributed by atoms with Gasteiger partial charge < -0.3 is 5.32 Å². The summed E-state index contributed by atoms with van der Waals surface area (Å²) in [5, 5.41) is 3.14. The van der Waals surface area contributed by atoms with Crippen molar-refractivity contribution in [2.45, 2.75) is 76.7 Å². The summed E-state index contributed by atoms with van der Waals surface area (Å²) >= 11 is 0. The molecular weight excluding hydrogens is 220 g/mol. The molecule has 0 amide bonds. The first-order valence-corrected chi connectivity index (χ1v) is 7.16. The molecule has 0 bridgehead atoms. The van der Waals surface area contributed by atoms with Crippen LogP contribution in [0.3, 0.4) is 0 Å². The Morgan fingerprint density at radius 3 is 2.06 bits per heavy atom. The van der Waals surface area contributed by atoms with E-state index >= 15 is 0 Å². The predicted molar refractivity (Wildman–Crippen MR) is 66.4 cm³/mol. The fourth-order valence-electron chi connectivity index (χ4n) is 3.70. The van der Waals surface area contributed by atoms with Crippen molar-refractivity contribution in [2.75, 3.05) is 6.54 Å². The van der Waals surface area contributed by atoms with Crippen molar-refractivity contribution in [1.29, 1.82) is 0 Å². The summed E-state index contributed by atoms with van der Waals surface area (Å²) < 4.78 is 26.6. The number of hydrogen-bond acceptors (Lipinski definition) is 1. The van der Waals surface area contributed by atoms with Crippen LogP contribution in [-0.4, -0.2) is 18.5 Å². The molecule has 2 aliphatic carbocycles. The van der Waals surface area contributed by atoms with Gasteiger partial charge in [0.05, 0.1) is 5.54 Å². The van der Waals surface area contributed by atoms with E-state index in [-0.39, 0.29) is 0 Å². The molecule has 2 rings (SSSR count). The zero-order valence-electron chi connectivity index (χ0n) is 10.9. The van der Waals surface area contributed by atoms with Gasteiger partial charge in [0.1, 0.15) is 0 Å². The maximum absolute atomic E-state index is 13.3. The normalized spacial score (nSPS) is 26.8. The number of rotatable bonds is 4. The summed E-state index contributed by atoms with van der Waals surface area (Å²) in [5.41, 5.74) is -0.434. The van der Waals surface area contributed by atoms with Crippen molar-refractivity contribution < 1.29 is 8.78 Å². The van der Waals surface area contributed by atoms with E-state index in [9.17, 15) is 8.78 Å². The largest absolute Gasteiger partial charge is 0.306 e. The zero-order valence-corrected chi connectivity index (χ0v) is 10.9. The molecule has 2 aliphatic rings. The Bertz CT molecular complexity index is 237. The highest BCUT2D eigenvalue weighted by molar-refractivity contribution is 5.00. The van der Waals surface area contributed by atoms with Crippen molar-refractivity contribution in [2.24, 2.45) is 5.41 Å². The summed E-state index contributed by atoms with van der Waals surface area (Å²) in [7, 11) is 0. The topological polar surface area (TPSA) is 12.0 Å². The zero-order chi connectivity index (χ0) is 12.4. The Morgan fingerprint density at radius 2 is 1.59 bits per heavy atom. The van der Waals surface area contributed by atoms with E-state index in [1.165, 1.54) is 25.7 Å². The van der Waals surface area contributed by atoms with Crippen LogP contribution in [0.2, 0.25) is 0 Å². The lowest BCUT2D eigenvalue weighted by molar-refractivity contribution is -0.0195. The van der Waals surface area contributed by atoms with E-state index in [0.29, 0.717) is 18.3 Å². The van der Waals surface area contributed by atoms with Gasteiger partial charge in [0.15, 0.2) is 0 Å². The van der Waals surface area contributed by atoms with Crippen molar-refractivity contribution in [3.05, 3.63) is 0 Å². The molecule has 2 fully saturated rings. The van der Waals surface area contributed by atoms with Gasteiger partial charge in [-0.15, -0.1) is 0 Å². The summed E-state index contributed by atoms with van der Waals surface area (Å²) in [5.74, 6) is 0. The van der Waals surface area contributed by atoms with Gasteiger partial charge >= 0.3 is 0 Å². The summed E-state index contributed by atoms with van der Waals surface area (Å²) in [6.07, 6.45) is 7.25. The van der Waals surface area contributed by atoms with Gasteiger partial charge in [-0.3, -0.25) is 0 Å². The van der Waals surface area contributed by atoms with Crippen molar-refractivity contribution in [1.82, 2.24) is 5.32 Å². The summed E-state index contributed by atoms with van der Waals surface area (Å²) in [4.78, 5) is 0. The Morgan fingerprint density at radius 1 is 1.00 bits per heavy atom. The molecule has 0 saturated heterocycles. The molecule has 2 saturated carbocycles. The molecule has 1 nitrogen and oxygen atoms in total. The van der Waals surface area contributed by atoms with Crippen LogP contribution in [0.1, 0.15) is 64.7 Å². The molecule has 0 heterocycles. The molecule has 0 aromatic carbocycles. The number of nitrogens with one attached hydrogen (secondary N) is 1. The number of halogens is 2. The fourth-order valence-corrected chi connectivity index (χ4v) is 3.70. The molecule has 1 spiro atoms. The predicted octanol–water partition coefficient (Wildman–Crippen LogP) is 4.12. The van der Waals surface area contributed by atoms with Gasteiger partial charge in [-0.25, -0.2) is 8.78 Å². The highest BCUT2D eigenvalue weighted by Crippen LogP contribution is 2.52. The molecule has 0 aromatic heterocycles. The average molecular weight is 245 g/mol. The van der Waals surface area contributed by atoms with Crippen LogP contribution in [0.4, 0.5) is 8.78 Å². The van der Waals surface area contributed by atoms with Gasteiger partial charge in [-0.05, 0) is 56.9 Å². The molecular formula is C14H25F2N. The third kappa shape index (κ3) is 2.64. The Hall–Kier alpha value is -0.180. The minimum absolute atomic E-state index is 0.437. The Balaban J connectivity index is 1.97. The maximum Gasteiger partial charge on any atom is 0.256 e. The highest BCUT2D eigenvalue weighted by atomic mass is 19.3. The van der Waals surface area contributed by atoms with Gasteiger partial charge in [0, 0.05) is 0 Å². The first-order valence-electron chi connectivity index (χ1n) is 7.16. The van der Waals surface area contributed by atoms with Crippen LogP contribution in [-0.2, 0) is 0 Å². The Labute approximate surface area is 103 Å². The van der Waals surface area contributed by atoms with E-state index in [4.69, 9.17) is 0 Å². The molecule has 0 atom stereocenters. The van der Waals surface area contributed by atoms with Gasteiger partial charge in [-0.1, -0.05) is 19.8 Å². The standard InChI is InChI=1S/C14H25F2N/c1-2-11-17-14(12(15)16)9-7-13(8-10-14)5-3-4-6-13/h12,17H,2-11H2,1H3. The van der Waals surface area contributed by atoms with Crippen molar-refractivity contribution >= 4 is 0 Å². The molecule has 100 valence electrons. The van der Waals surface area contributed by atoms with Gasteiger partial charge in [0.2, 0.25) is 0 Å². The van der Waals surface area contributed by atoms with Crippen LogP contribution >= 0.6 is 0 Å². The average Bonchev–Trinajstić information content (AvgIpc) is 2.77. The monoisotopic (exact) mass is 245 g/mol. The van der Waals surface area contributed by atoms with Crippen molar-refractivity contribution in [3.8, 4) is 0 Å². The second-order valence-electron chi connectivity index (χ2n) is 6.09. The Kier molecular flexibility index (Phi) is 4.06. The second kappa shape index (κ2) is 5.21. The molecule has 17 heavy (non-hydrogen) atoms. The number of hydrogen-bond donors (Lipinski definition) is 1. The minimum Gasteiger partial charge on any atom is -0.306 e. The van der Waals surface area contributed by atoms with Crippen molar-refractivity contribution in [3.63, 3.8) is 0 Å². The van der Waals surface area contributed by atoms with Gasteiger partial charge in [0.25, 0.3) is 6.43 Å². The molecule has 0 radical (unpaired) electrons. The van der Waals surface area contributed by atoms with E-state index in [1.54, 1.807) is 0 Å². The SMILES string of the molecule is CCCNC1(C(F)F)CCC2(CCCC2)CC1. The number of alkyl halides is 2. The quantitative estimate of drug-likeness (QED) is 0.785. The molecule has 0 aliphatic heterocycles. The summed E-state index contributed by atoms with van der Waals surface area (Å²) in [6, 6.07) is 0. The first-order chi connectivity index (χ1) is 8.13. The van der Waals surface area contributed by atoms with E-state index in [0.717, 1.165) is 25.8 Å². The maximum atomic E-state index is 13.3. The fraction of sp³-hybridized carbons (Fsp3) is 1.00. The molecule has 3 heteroatoms. The highest BCUT2D eigenvalue weighted by Gasteiger charge is 2.48. The smallest absolute Gasteiger partial charge is 0.256 e. The minimum atomic E-state index is -2.21. The van der Waals surface area contributed by atoms with Gasteiger partial charge in [-0.2, -0.15) is 0 Å². The van der Waals surface area contributed by atoms with E-state index in [1.807, 2.05) is 6.92 Å². The first kappa shape index (κ1) is 13.3. The lowest BCUT2D eigenvalue weighted by Gasteiger charge is -2.45. The molecule has 1 N–H and O–H groups in total. The third-order valence-corrected chi connectivity index (χ3v) is 5.01. The van der Waals surface area contributed by atoms with E-state index in [2.05, 4.69) is 5.32 Å². The van der Waals surface area contributed by atoms with Crippen LogP contribution < -0.4 is 5.32 Å². The van der Waals surface area contributed by atoms with E-state index < -0.39 is 12.0 Å². The van der Waals surface area contributed by atoms with Crippen LogP contribution in [0, 0.1) is 5.41 Å². The van der Waals surface area contributed by atoms with Crippen LogP contribution in [0.25, 0.3) is 0 Å². The second-order valence-corrected chi connectivity index (χ2v) is 6.09. The third-order valence-electron chi connectivity index (χ3n) is 5.01. The van der Waals surface area contributed by atoms with Crippen LogP contribution in [0.5, 0.6) is 0 Å². The molecule has 0 aromatic rings.